The summed E-state index contributed by atoms with van der Waals surface area (Å²) in [6.45, 7) is 0. The van der Waals surface area contributed by atoms with Gasteiger partial charge in [-0.3, -0.25) is 10.1 Å². The molecule has 6 heteroatoms. The molecule has 0 saturated heterocycles. The van der Waals surface area contributed by atoms with Crippen LogP contribution in [0, 0.1) is 16.0 Å². The minimum absolute atomic E-state index is 0.0234. The Hall–Kier alpha value is -3.02. The van der Waals surface area contributed by atoms with Crippen molar-refractivity contribution in [3.8, 4) is 11.5 Å². The summed E-state index contributed by atoms with van der Waals surface area (Å²) in [5.74, 6) is 1.99. The van der Waals surface area contributed by atoms with E-state index in [0.717, 1.165) is 29.0 Å². The van der Waals surface area contributed by atoms with Crippen molar-refractivity contribution in [3.63, 3.8) is 0 Å². The molecule has 2 aromatic carbocycles. The fraction of sp³-hybridized carbons (Fsp3) is 0.300. The second-order valence-electron chi connectivity index (χ2n) is 6.62. The average molecular weight is 352 g/mol. The summed E-state index contributed by atoms with van der Waals surface area (Å²) < 4.78 is 11.0. The fourth-order valence-corrected chi connectivity index (χ4v) is 4.08. The average Bonchev–Trinajstić information content (AvgIpc) is 3.16. The predicted octanol–water partition coefficient (Wildman–Crippen LogP) is 4.44. The first-order chi connectivity index (χ1) is 12.6. The number of fused-ring (bicyclic) bond motifs is 3. The molecule has 1 aliphatic heterocycles. The van der Waals surface area contributed by atoms with Crippen molar-refractivity contribution in [3.05, 3.63) is 69.8 Å². The molecule has 0 fully saturated rings. The van der Waals surface area contributed by atoms with Crippen LogP contribution in [-0.4, -0.2) is 19.1 Å². The highest BCUT2D eigenvalue weighted by atomic mass is 16.6. The summed E-state index contributed by atoms with van der Waals surface area (Å²) in [6.07, 6.45) is 5.32. The third-order valence-electron chi connectivity index (χ3n) is 5.30. The van der Waals surface area contributed by atoms with Crippen molar-refractivity contribution in [2.75, 3.05) is 19.5 Å². The van der Waals surface area contributed by atoms with Crippen LogP contribution in [-0.2, 0) is 0 Å². The minimum atomic E-state index is -0.351. The zero-order valence-corrected chi connectivity index (χ0v) is 14.6. The molecule has 134 valence electrons. The van der Waals surface area contributed by atoms with Crippen molar-refractivity contribution in [1.29, 1.82) is 0 Å². The van der Waals surface area contributed by atoms with Gasteiger partial charge in [-0.2, -0.15) is 0 Å². The SMILES string of the molecule is COc1cc(OC)c2c(c1)[C@H]1C=CC[C@H]1[C@H](c1cccc([N+](=O)[O-])c1)N2. The molecule has 6 nitrogen and oxygen atoms in total. The van der Waals surface area contributed by atoms with Crippen LogP contribution in [0.1, 0.15) is 29.5 Å². The van der Waals surface area contributed by atoms with E-state index < -0.39 is 0 Å². The number of benzene rings is 2. The first-order valence-corrected chi connectivity index (χ1v) is 8.56. The monoisotopic (exact) mass is 352 g/mol. The van der Waals surface area contributed by atoms with Gasteiger partial charge in [-0.25, -0.2) is 0 Å². The summed E-state index contributed by atoms with van der Waals surface area (Å²) in [4.78, 5) is 10.8. The molecule has 0 aromatic heterocycles. The molecule has 0 unspecified atom stereocenters. The number of allylic oxidation sites excluding steroid dienone is 2. The van der Waals surface area contributed by atoms with Crippen molar-refractivity contribution in [2.24, 2.45) is 5.92 Å². The van der Waals surface area contributed by atoms with E-state index in [4.69, 9.17) is 9.47 Å². The lowest BCUT2D eigenvalue weighted by molar-refractivity contribution is -0.384. The van der Waals surface area contributed by atoms with Crippen LogP contribution >= 0.6 is 0 Å². The number of nitro groups is 1. The summed E-state index contributed by atoms with van der Waals surface area (Å²) in [5.41, 5.74) is 3.10. The fourth-order valence-electron chi connectivity index (χ4n) is 4.08. The number of hydrogen-bond acceptors (Lipinski definition) is 5. The number of nitrogens with zero attached hydrogens (tertiary/aromatic N) is 1. The third-order valence-corrected chi connectivity index (χ3v) is 5.30. The molecule has 3 atom stereocenters. The Morgan fingerprint density at radius 1 is 1.19 bits per heavy atom. The van der Waals surface area contributed by atoms with Crippen molar-refractivity contribution in [1.82, 2.24) is 0 Å². The Kier molecular flexibility index (Phi) is 4.03. The first kappa shape index (κ1) is 16.4. The van der Waals surface area contributed by atoms with Crippen molar-refractivity contribution in [2.45, 2.75) is 18.4 Å². The van der Waals surface area contributed by atoms with Crippen LogP contribution in [0.2, 0.25) is 0 Å². The van der Waals surface area contributed by atoms with Crippen LogP contribution in [0.25, 0.3) is 0 Å². The summed E-state index contributed by atoms with van der Waals surface area (Å²) >= 11 is 0. The molecule has 1 heterocycles. The number of rotatable bonds is 4. The minimum Gasteiger partial charge on any atom is -0.497 e. The molecule has 0 spiro atoms. The van der Waals surface area contributed by atoms with Gasteiger partial charge in [0.25, 0.3) is 5.69 Å². The van der Waals surface area contributed by atoms with Gasteiger partial charge in [0.1, 0.15) is 11.5 Å². The Morgan fingerprint density at radius 3 is 2.77 bits per heavy atom. The van der Waals surface area contributed by atoms with Gasteiger partial charge in [0.15, 0.2) is 0 Å². The van der Waals surface area contributed by atoms with Crippen molar-refractivity contribution < 1.29 is 14.4 Å². The van der Waals surface area contributed by atoms with E-state index >= 15 is 0 Å². The Labute approximate surface area is 151 Å². The molecule has 1 aliphatic carbocycles. The predicted molar refractivity (Wildman–Crippen MR) is 99.0 cm³/mol. The van der Waals surface area contributed by atoms with Crippen LogP contribution in [0.15, 0.2) is 48.6 Å². The van der Waals surface area contributed by atoms with E-state index in [9.17, 15) is 10.1 Å². The largest absolute Gasteiger partial charge is 0.497 e. The van der Waals surface area contributed by atoms with Gasteiger partial charge in [-0.05, 0) is 29.5 Å². The first-order valence-electron chi connectivity index (χ1n) is 8.56. The molecule has 0 saturated carbocycles. The molecular formula is C20H20N2O4. The maximum Gasteiger partial charge on any atom is 0.269 e. The zero-order valence-electron chi connectivity index (χ0n) is 14.6. The normalized spacial score (nSPS) is 22.9. The summed E-state index contributed by atoms with van der Waals surface area (Å²) in [5, 5.41) is 14.8. The highest BCUT2D eigenvalue weighted by Gasteiger charge is 2.39. The van der Waals surface area contributed by atoms with E-state index in [1.54, 1.807) is 26.4 Å². The second-order valence-corrected chi connectivity index (χ2v) is 6.62. The molecule has 0 amide bonds. The summed E-state index contributed by atoms with van der Waals surface area (Å²) in [6, 6.07) is 10.8. The van der Waals surface area contributed by atoms with E-state index in [-0.39, 0.29) is 22.6 Å². The van der Waals surface area contributed by atoms with Gasteiger partial charge < -0.3 is 14.8 Å². The van der Waals surface area contributed by atoms with Crippen LogP contribution < -0.4 is 14.8 Å². The number of nitrogens with one attached hydrogen (secondary N) is 1. The molecule has 26 heavy (non-hydrogen) atoms. The number of nitro benzene ring substituents is 1. The Balaban J connectivity index is 1.82. The number of non-ortho nitro benzene ring substituents is 1. The van der Waals surface area contributed by atoms with Gasteiger partial charge in [0.2, 0.25) is 0 Å². The van der Waals surface area contributed by atoms with E-state index in [2.05, 4.69) is 17.5 Å². The Morgan fingerprint density at radius 2 is 2.04 bits per heavy atom. The number of hydrogen-bond donors (Lipinski definition) is 1. The van der Waals surface area contributed by atoms with Crippen molar-refractivity contribution >= 4 is 11.4 Å². The number of methoxy groups -OCH3 is 2. The molecule has 1 N–H and O–H groups in total. The molecule has 2 aromatic rings. The van der Waals surface area contributed by atoms with Crippen LogP contribution in [0.3, 0.4) is 0 Å². The molecular weight excluding hydrogens is 332 g/mol. The van der Waals surface area contributed by atoms with Gasteiger partial charge in [0, 0.05) is 24.1 Å². The maximum absolute atomic E-state index is 11.2. The van der Waals surface area contributed by atoms with E-state index in [1.807, 2.05) is 18.2 Å². The maximum atomic E-state index is 11.2. The lowest BCUT2D eigenvalue weighted by atomic mass is 9.76. The highest BCUT2D eigenvalue weighted by Crippen LogP contribution is 2.53. The Bertz CT molecular complexity index is 893. The molecule has 0 radical (unpaired) electrons. The van der Waals surface area contributed by atoms with E-state index in [0.29, 0.717) is 11.7 Å². The highest BCUT2D eigenvalue weighted by molar-refractivity contribution is 5.70. The quantitative estimate of drug-likeness (QED) is 0.500. The lowest BCUT2D eigenvalue weighted by Gasteiger charge is -2.38. The molecule has 2 aliphatic rings. The number of anilines is 1. The van der Waals surface area contributed by atoms with Gasteiger partial charge in [-0.1, -0.05) is 24.3 Å². The number of ether oxygens (including phenoxy) is 2. The zero-order chi connectivity index (χ0) is 18.3. The standard InChI is InChI=1S/C20H20N2O4/c1-25-14-10-17-15-7-4-8-16(15)19(21-20(17)18(11-14)26-2)12-5-3-6-13(9-12)22(23)24/h3-7,9-11,15-16,19,21H,8H2,1-2H3/t15-,16+,19-/m0/s1. The van der Waals surface area contributed by atoms with Gasteiger partial charge >= 0.3 is 0 Å². The lowest BCUT2D eigenvalue weighted by Crippen LogP contribution is -2.29. The topological polar surface area (TPSA) is 73.6 Å². The van der Waals surface area contributed by atoms with Crippen LogP contribution in [0.4, 0.5) is 11.4 Å². The molecule has 4 rings (SSSR count). The van der Waals surface area contributed by atoms with Crippen LogP contribution in [0.5, 0.6) is 11.5 Å². The van der Waals surface area contributed by atoms with Gasteiger partial charge in [0.05, 0.1) is 30.9 Å². The van der Waals surface area contributed by atoms with Gasteiger partial charge in [-0.15, -0.1) is 0 Å². The summed E-state index contributed by atoms with van der Waals surface area (Å²) in [7, 11) is 3.28. The smallest absolute Gasteiger partial charge is 0.269 e. The third kappa shape index (κ3) is 2.58. The molecule has 0 bridgehead atoms. The van der Waals surface area contributed by atoms with E-state index in [1.165, 1.54) is 6.07 Å². The second kappa shape index (κ2) is 6.37.